The Kier molecular flexibility index (Phi) is 3.73. The summed E-state index contributed by atoms with van der Waals surface area (Å²) in [5.74, 6) is 0. The standard InChI is InChI=1S/C10H23NO/c1-7-11(6)9(2,3)8-10(4,5)12/h12H,7-8H2,1-6H3. The first-order valence-electron chi connectivity index (χ1n) is 4.62. The molecule has 0 rings (SSSR count). The van der Waals surface area contributed by atoms with E-state index in [4.69, 9.17) is 0 Å². The van der Waals surface area contributed by atoms with E-state index in [0.717, 1.165) is 13.0 Å². The SMILES string of the molecule is CCN(C)C(C)(C)CC(C)(C)O. The Balaban J connectivity index is 4.22. The lowest BCUT2D eigenvalue weighted by molar-refractivity contribution is 0.0113. The molecule has 0 aromatic rings. The minimum absolute atomic E-state index is 0.0764. The highest BCUT2D eigenvalue weighted by Gasteiger charge is 2.29. The highest BCUT2D eigenvalue weighted by Crippen LogP contribution is 2.24. The summed E-state index contributed by atoms with van der Waals surface area (Å²) in [6.07, 6.45) is 0.796. The van der Waals surface area contributed by atoms with Gasteiger partial charge < -0.3 is 10.0 Å². The third-order valence-electron chi connectivity index (χ3n) is 2.37. The van der Waals surface area contributed by atoms with Gasteiger partial charge in [-0.2, -0.15) is 0 Å². The van der Waals surface area contributed by atoms with Crippen LogP contribution in [0.25, 0.3) is 0 Å². The lowest BCUT2D eigenvalue weighted by atomic mass is 9.88. The van der Waals surface area contributed by atoms with Crippen LogP contribution < -0.4 is 0 Å². The molecule has 0 amide bonds. The van der Waals surface area contributed by atoms with Crippen molar-refractivity contribution in [2.24, 2.45) is 0 Å². The number of hydrogen-bond donors (Lipinski definition) is 1. The molecule has 0 aliphatic carbocycles. The van der Waals surface area contributed by atoms with E-state index in [1.807, 2.05) is 13.8 Å². The zero-order valence-corrected chi connectivity index (χ0v) is 9.31. The number of rotatable bonds is 4. The van der Waals surface area contributed by atoms with Crippen LogP contribution in [0.4, 0.5) is 0 Å². The van der Waals surface area contributed by atoms with Crippen molar-refractivity contribution in [3.05, 3.63) is 0 Å². The summed E-state index contributed by atoms with van der Waals surface area (Å²) >= 11 is 0. The van der Waals surface area contributed by atoms with Crippen LogP contribution >= 0.6 is 0 Å². The highest BCUT2D eigenvalue weighted by atomic mass is 16.3. The van der Waals surface area contributed by atoms with Gasteiger partial charge in [-0.3, -0.25) is 0 Å². The molecule has 0 aromatic carbocycles. The normalized spacial score (nSPS) is 14.0. The second kappa shape index (κ2) is 3.75. The third kappa shape index (κ3) is 4.07. The van der Waals surface area contributed by atoms with Crippen LogP contribution in [0.3, 0.4) is 0 Å². The monoisotopic (exact) mass is 173 g/mol. The molecule has 2 nitrogen and oxygen atoms in total. The lowest BCUT2D eigenvalue weighted by Crippen LogP contribution is -2.45. The van der Waals surface area contributed by atoms with Gasteiger partial charge in [0.2, 0.25) is 0 Å². The first kappa shape index (κ1) is 11.9. The van der Waals surface area contributed by atoms with Gasteiger partial charge in [-0.05, 0) is 47.7 Å². The molecule has 0 aliphatic rings. The van der Waals surface area contributed by atoms with Crippen LogP contribution in [-0.2, 0) is 0 Å². The van der Waals surface area contributed by atoms with Crippen molar-refractivity contribution >= 4 is 0 Å². The Bertz CT molecular complexity index is 135. The Morgan fingerprint density at radius 1 is 1.17 bits per heavy atom. The van der Waals surface area contributed by atoms with Crippen molar-refractivity contribution in [1.29, 1.82) is 0 Å². The van der Waals surface area contributed by atoms with Crippen molar-refractivity contribution < 1.29 is 5.11 Å². The van der Waals surface area contributed by atoms with Gasteiger partial charge in [0.1, 0.15) is 0 Å². The predicted octanol–water partition coefficient (Wildman–Crippen LogP) is 1.88. The molecule has 1 N–H and O–H groups in total. The Morgan fingerprint density at radius 2 is 1.58 bits per heavy atom. The van der Waals surface area contributed by atoms with Crippen molar-refractivity contribution in [1.82, 2.24) is 4.90 Å². The summed E-state index contributed by atoms with van der Waals surface area (Å²) in [6, 6.07) is 0. The van der Waals surface area contributed by atoms with E-state index in [1.54, 1.807) is 0 Å². The second-order valence-corrected chi connectivity index (χ2v) is 4.82. The number of nitrogens with zero attached hydrogens (tertiary/aromatic N) is 1. The minimum atomic E-state index is -0.576. The summed E-state index contributed by atoms with van der Waals surface area (Å²) in [5, 5.41) is 9.67. The maximum atomic E-state index is 9.67. The van der Waals surface area contributed by atoms with E-state index in [0.29, 0.717) is 0 Å². The summed E-state index contributed by atoms with van der Waals surface area (Å²) in [5.41, 5.74) is -0.500. The van der Waals surface area contributed by atoms with Gasteiger partial charge in [0.05, 0.1) is 5.60 Å². The third-order valence-corrected chi connectivity index (χ3v) is 2.37. The van der Waals surface area contributed by atoms with Gasteiger partial charge in [-0.1, -0.05) is 6.92 Å². The molecule has 0 heterocycles. The van der Waals surface area contributed by atoms with Gasteiger partial charge in [0, 0.05) is 5.54 Å². The average Bonchev–Trinajstić information content (AvgIpc) is 1.80. The van der Waals surface area contributed by atoms with Gasteiger partial charge in [0.15, 0.2) is 0 Å². The molecule has 0 fully saturated rings. The highest BCUT2D eigenvalue weighted by molar-refractivity contribution is 4.85. The molecule has 0 saturated heterocycles. The fourth-order valence-electron chi connectivity index (χ4n) is 1.62. The largest absolute Gasteiger partial charge is 0.390 e. The molecule has 74 valence electrons. The fraction of sp³-hybridized carbons (Fsp3) is 1.00. The van der Waals surface area contributed by atoms with Crippen molar-refractivity contribution in [3.63, 3.8) is 0 Å². The molecular weight excluding hydrogens is 150 g/mol. The number of hydrogen-bond acceptors (Lipinski definition) is 2. The van der Waals surface area contributed by atoms with Crippen molar-refractivity contribution in [2.45, 2.75) is 52.2 Å². The summed E-state index contributed by atoms with van der Waals surface area (Å²) in [4.78, 5) is 2.25. The molecule has 0 unspecified atom stereocenters. The minimum Gasteiger partial charge on any atom is -0.390 e. The summed E-state index contributed by atoms with van der Waals surface area (Å²) in [6.45, 7) is 11.2. The van der Waals surface area contributed by atoms with Gasteiger partial charge in [0.25, 0.3) is 0 Å². The van der Waals surface area contributed by atoms with E-state index in [1.165, 1.54) is 0 Å². The van der Waals surface area contributed by atoms with Gasteiger partial charge in [-0.25, -0.2) is 0 Å². The van der Waals surface area contributed by atoms with Crippen LogP contribution in [0.15, 0.2) is 0 Å². The predicted molar refractivity (Wildman–Crippen MR) is 53.3 cm³/mol. The fourth-order valence-corrected chi connectivity index (χ4v) is 1.62. The topological polar surface area (TPSA) is 23.5 Å². The van der Waals surface area contributed by atoms with Gasteiger partial charge in [-0.15, -0.1) is 0 Å². The summed E-state index contributed by atoms with van der Waals surface area (Å²) < 4.78 is 0. The maximum absolute atomic E-state index is 9.67. The quantitative estimate of drug-likeness (QED) is 0.701. The van der Waals surface area contributed by atoms with Crippen LogP contribution in [0.2, 0.25) is 0 Å². The maximum Gasteiger partial charge on any atom is 0.0609 e. The van der Waals surface area contributed by atoms with E-state index in [-0.39, 0.29) is 5.54 Å². The first-order valence-corrected chi connectivity index (χ1v) is 4.62. The van der Waals surface area contributed by atoms with E-state index in [9.17, 15) is 5.11 Å². The molecule has 0 aromatic heterocycles. The Labute approximate surface area is 76.6 Å². The molecule has 0 aliphatic heterocycles. The molecule has 0 bridgehead atoms. The molecule has 0 spiro atoms. The van der Waals surface area contributed by atoms with Crippen molar-refractivity contribution in [2.75, 3.05) is 13.6 Å². The Morgan fingerprint density at radius 3 is 1.83 bits per heavy atom. The smallest absolute Gasteiger partial charge is 0.0609 e. The molecule has 0 atom stereocenters. The molecule has 2 heteroatoms. The second-order valence-electron chi connectivity index (χ2n) is 4.82. The molecule has 0 saturated carbocycles. The van der Waals surface area contributed by atoms with Crippen LogP contribution in [-0.4, -0.2) is 34.7 Å². The summed E-state index contributed by atoms with van der Waals surface area (Å²) in [7, 11) is 2.09. The van der Waals surface area contributed by atoms with Gasteiger partial charge >= 0.3 is 0 Å². The molecule has 12 heavy (non-hydrogen) atoms. The van der Waals surface area contributed by atoms with E-state index in [2.05, 4.69) is 32.7 Å². The van der Waals surface area contributed by atoms with Crippen LogP contribution in [0.1, 0.15) is 41.0 Å². The molecular formula is C10H23NO. The van der Waals surface area contributed by atoms with E-state index >= 15 is 0 Å². The van der Waals surface area contributed by atoms with E-state index < -0.39 is 5.60 Å². The average molecular weight is 173 g/mol. The lowest BCUT2D eigenvalue weighted by Gasteiger charge is -2.39. The molecule has 0 radical (unpaired) electrons. The van der Waals surface area contributed by atoms with Crippen LogP contribution in [0.5, 0.6) is 0 Å². The Hall–Kier alpha value is -0.0800. The van der Waals surface area contributed by atoms with Crippen LogP contribution in [0, 0.1) is 0 Å². The van der Waals surface area contributed by atoms with Crippen molar-refractivity contribution in [3.8, 4) is 0 Å². The zero-order valence-electron chi connectivity index (χ0n) is 9.31. The first-order chi connectivity index (χ1) is 5.19. The zero-order chi connectivity index (χ0) is 9.99. The number of aliphatic hydroxyl groups is 1.